The molecule has 0 atom stereocenters. The molecule has 4 nitrogen and oxygen atoms in total. The maximum absolute atomic E-state index is 11.5. The number of amides is 1. The van der Waals surface area contributed by atoms with Crippen LogP contribution in [0.5, 0.6) is 0 Å². The average Bonchev–Trinajstić information content (AvgIpc) is 2.44. The van der Waals surface area contributed by atoms with Gasteiger partial charge in [-0.15, -0.1) is 0 Å². The SMILES string of the molecule is CCNCCC(=O)NCCCN(C)C1CCCCC1. The Morgan fingerprint density at radius 1 is 1.21 bits per heavy atom. The summed E-state index contributed by atoms with van der Waals surface area (Å²) >= 11 is 0. The molecule has 0 saturated heterocycles. The summed E-state index contributed by atoms with van der Waals surface area (Å²) in [4.78, 5) is 14.0. The number of nitrogens with zero attached hydrogens (tertiary/aromatic N) is 1. The minimum atomic E-state index is 0.168. The van der Waals surface area contributed by atoms with Crippen molar-refractivity contribution in [2.24, 2.45) is 0 Å². The summed E-state index contributed by atoms with van der Waals surface area (Å²) in [6, 6.07) is 0.776. The summed E-state index contributed by atoms with van der Waals surface area (Å²) in [6.07, 6.45) is 8.53. The highest BCUT2D eigenvalue weighted by atomic mass is 16.1. The quantitative estimate of drug-likeness (QED) is 0.627. The highest BCUT2D eigenvalue weighted by Gasteiger charge is 2.17. The molecule has 0 spiro atoms. The van der Waals surface area contributed by atoms with Gasteiger partial charge in [0.25, 0.3) is 0 Å². The van der Waals surface area contributed by atoms with Crippen molar-refractivity contribution in [3.63, 3.8) is 0 Å². The highest BCUT2D eigenvalue weighted by Crippen LogP contribution is 2.21. The molecule has 0 aromatic heterocycles. The minimum absolute atomic E-state index is 0.168. The third-order valence-electron chi connectivity index (χ3n) is 3.99. The van der Waals surface area contributed by atoms with Crippen molar-refractivity contribution < 1.29 is 4.79 Å². The van der Waals surface area contributed by atoms with Crippen LogP contribution in [0.1, 0.15) is 51.9 Å². The van der Waals surface area contributed by atoms with Gasteiger partial charge in [0.2, 0.25) is 5.91 Å². The van der Waals surface area contributed by atoms with Crippen molar-refractivity contribution in [1.82, 2.24) is 15.5 Å². The molecule has 0 bridgehead atoms. The molecule has 4 heteroatoms. The van der Waals surface area contributed by atoms with Gasteiger partial charge in [-0.25, -0.2) is 0 Å². The zero-order chi connectivity index (χ0) is 13.9. The number of carbonyl (C=O) groups is 1. The predicted molar refractivity (Wildman–Crippen MR) is 80.3 cm³/mol. The molecule has 1 fully saturated rings. The summed E-state index contributed by atoms with van der Waals surface area (Å²) in [6.45, 7) is 5.67. The van der Waals surface area contributed by atoms with Crippen LogP contribution in [0.25, 0.3) is 0 Å². The first kappa shape index (κ1) is 16.4. The van der Waals surface area contributed by atoms with Crippen LogP contribution in [0.2, 0.25) is 0 Å². The zero-order valence-corrected chi connectivity index (χ0v) is 12.7. The molecule has 0 aromatic carbocycles. The Bertz CT molecular complexity index is 240. The van der Waals surface area contributed by atoms with Gasteiger partial charge in [0.15, 0.2) is 0 Å². The second-order valence-corrected chi connectivity index (χ2v) is 5.58. The molecule has 1 saturated carbocycles. The van der Waals surface area contributed by atoms with Crippen molar-refractivity contribution >= 4 is 5.91 Å². The van der Waals surface area contributed by atoms with Crippen LogP contribution in [-0.2, 0) is 4.79 Å². The third-order valence-corrected chi connectivity index (χ3v) is 3.99. The van der Waals surface area contributed by atoms with Crippen molar-refractivity contribution in [2.45, 2.75) is 57.9 Å². The van der Waals surface area contributed by atoms with Crippen LogP contribution < -0.4 is 10.6 Å². The van der Waals surface area contributed by atoms with E-state index >= 15 is 0 Å². The van der Waals surface area contributed by atoms with E-state index in [0.717, 1.165) is 38.6 Å². The fourth-order valence-corrected chi connectivity index (χ4v) is 2.73. The lowest BCUT2D eigenvalue weighted by Crippen LogP contribution is -2.36. The van der Waals surface area contributed by atoms with Crippen LogP contribution in [-0.4, -0.2) is 50.1 Å². The van der Waals surface area contributed by atoms with Crippen molar-refractivity contribution in [1.29, 1.82) is 0 Å². The van der Waals surface area contributed by atoms with Gasteiger partial charge in [0, 0.05) is 25.6 Å². The van der Waals surface area contributed by atoms with Crippen LogP contribution in [0.15, 0.2) is 0 Å². The molecule has 0 unspecified atom stereocenters. The van der Waals surface area contributed by atoms with Gasteiger partial charge >= 0.3 is 0 Å². The van der Waals surface area contributed by atoms with Gasteiger partial charge in [-0.3, -0.25) is 4.79 Å². The Hall–Kier alpha value is -0.610. The molecule has 112 valence electrons. The summed E-state index contributed by atoms with van der Waals surface area (Å²) < 4.78 is 0. The van der Waals surface area contributed by atoms with E-state index in [1.54, 1.807) is 0 Å². The van der Waals surface area contributed by atoms with Gasteiger partial charge in [-0.2, -0.15) is 0 Å². The van der Waals surface area contributed by atoms with E-state index in [0.29, 0.717) is 6.42 Å². The number of rotatable bonds is 9. The van der Waals surface area contributed by atoms with E-state index in [4.69, 9.17) is 0 Å². The maximum atomic E-state index is 11.5. The van der Waals surface area contributed by atoms with E-state index < -0.39 is 0 Å². The molecular formula is C15H31N3O. The molecule has 1 amide bonds. The Morgan fingerprint density at radius 2 is 1.95 bits per heavy atom. The fourth-order valence-electron chi connectivity index (χ4n) is 2.73. The molecule has 0 aromatic rings. The molecular weight excluding hydrogens is 238 g/mol. The molecule has 0 aliphatic heterocycles. The monoisotopic (exact) mass is 269 g/mol. The number of nitrogens with one attached hydrogen (secondary N) is 2. The van der Waals surface area contributed by atoms with E-state index in [1.165, 1.54) is 32.1 Å². The smallest absolute Gasteiger partial charge is 0.221 e. The normalized spacial score (nSPS) is 16.8. The van der Waals surface area contributed by atoms with E-state index in [2.05, 4.69) is 29.5 Å². The zero-order valence-electron chi connectivity index (χ0n) is 12.7. The van der Waals surface area contributed by atoms with E-state index in [-0.39, 0.29) is 5.91 Å². The summed E-state index contributed by atoms with van der Waals surface area (Å²) in [7, 11) is 2.23. The van der Waals surface area contributed by atoms with Gasteiger partial charge in [-0.1, -0.05) is 26.2 Å². The summed E-state index contributed by atoms with van der Waals surface area (Å²) in [5, 5.41) is 6.16. The molecule has 1 aliphatic rings. The van der Waals surface area contributed by atoms with Crippen molar-refractivity contribution in [3.05, 3.63) is 0 Å². The maximum Gasteiger partial charge on any atom is 0.221 e. The highest BCUT2D eigenvalue weighted by molar-refractivity contribution is 5.75. The topological polar surface area (TPSA) is 44.4 Å². The minimum Gasteiger partial charge on any atom is -0.356 e. The average molecular weight is 269 g/mol. The summed E-state index contributed by atoms with van der Waals surface area (Å²) in [5.41, 5.74) is 0. The Morgan fingerprint density at radius 3 is 2.63 bits per heavy atom. The largest absolute Gasteiger partial charge is 0.356 e. The lowest BCUT2D eigenvalue weighted by molar-refractivity contribution is -0.121. The lowest BCUT2D eigenvalue weighted by atomic mass is 9.94. The second kappa shape index (κ2) is 10.2. The first-order valence-electron chi connectivity index (χ1n) is 7.91. The van der Waals surface area contributed by atoms with Crippen molar-refractivity contribution in [2.75, 3.05) is 33.2 Å². The second-order valence-electron chi connectivity index (χ2n) is 5.58. The van der Waals surface area contributed by atoms with Gasteiger partial charge < -0.3 is 15.5 Å². The number of carbonyl (C=O) groups excluding carboxylic acids is 1. The molecule has 0 radical (unpaired) electrons. The standard InChI is InChI=1S/C15H31N3O/c1-3-16-12-10-15(19)17-11-7-13-18(2)14-8-5-4-6-9-14/h14,16H,3-13H2,1-2H3,(H,17,19). The molecule has 1 aliphatic carbocycles. The molecule has 1 rings (SSSR count). The van der Waals surface area contributed by atoms with Crippen LogP contribution in [0, 0.1) is 0 Å². The number of hydrogen-bond acceptors (Lipinski definition) is 3. The lowest BCUT2D eigenvalue weighted by Gasteiger charge is -2.31. The molecule has 2 N–H and O–H groups in total. The predicted octanol–water partition coefficient (Wildman–Crippen LogP) is 1.76. The first-order valence-corrected chi connectivity index (χ1v) is 7.91. The Labute approximate surface area is 118 Å². The fraction of sp³-hybridized carbons (Fsp3) is 0.933. The van der Waals surface area contributed by atoms with Gasteiger partial charge in [0.05, 0.1) is 0 Å². The van der Waals surface area contributed by atoms with E-state index in [9.17, 15) is 4.79 Å². The van der Waals surface area contributed by atoms with Gasteiger partial charge in [-0.05, 0) is 39.4 Å². The molecule has 19 heavy (non-hydrogen) atoms. The first-order chi connectivity index (χ1) is 9.24. The summed E-state index contributed by atoms with van der Waals surface area (Å²) in [5.74, 6) is 0.168. The Balaban J connectivity index is 1.98. The van der Waals surface area contributed by atoms with E-state index in [1.807, 2.05) is 0 Å². The Kier molecular flexibility index (Phi) is 8.84. The van der Waals surface area contributed by atoms with Crippen molar-refractivity contribution in [3.8, 4) is 0 Å². The molecule has 0 heterocycles. The van der Waals surface area contributed by atoms with Crippen LogP contribution >= 0.6 is 0 Å². The van der Waals surface area contributed by atoms with Gasteiger partial charge in [0.1, 0.15) is 0 Å². The van der Waals surface area contributed by atoms with Crippen LogP contribution in [0.3, 0.4) is 0 Å². The number of hydrogen-bond donors (Lipinski definition) is 2. The van der Waals surface area contributed by atoms with Crippen LogP contribution in [0.4, 0.5) is 0 Å². The third kappa shape index (κ3) is 7.53.